The van der Waals surface area contributed by atoms with E-state index in [1.165, 1.54) is 16.7 Å². The third-order valence-electron chi connectivity index (χ3n) is 4.17. The van der Waals surface area contributed by atoms with Crippen LogP contribution in [-0.4, -0.2) is 5.78 Å². The third kappa shape index (κ3) is 2.45. The van der Waals surface area contributed by atoms with Gasteiger partial charge in [0.25, 0.3) is 0 Å². The molecular formula is C18H19BrO. The molecule has 0 bridgehead atoms. The molecule has 0 aliphatic heterocycles. The Balaban J connectivity index is 2.87. The molecule has 0 aliphatic carbocycles. The number of Topliss-reactive ketones (excluding diaryl/α,β-unsaturated/α-hetero) is 1. The van der Waals surface area contributed by atoms with E-state index in [0.29, 0.717) is 0 Å². The Labute approximate surface area is 129 Å². The monoisotopic (exact) mass is 330 g/mol. The zero-order valence-corrected chi connectivity index (χ0v) is 14.2. The number of rotatable bonds is 2. The van der Waals surface area contributed by atoms with Crippen molar-refractivity contribution >= 4 is 21.7 Å². The van der Waals surface area contributed by atoms with Gasteiger partial charge in [0.2, 0.25) is 0 Å². The topological polar surface area (TPSA) is 17.1 Å². The molecule has 0 saturated carbocycles. The molecule has 0 unspecified atom stereocenters. The first-order valence-corrected chi connectivity index (χ1v) is 7.51. The quantitative estimate of drug-likeness (QED) is 0.659. The highest BCUT2D eigenvalue weighted by Crippen LogP contribution is 2.35. The van der Waals surface area contributed by atoms with Gasteiger partial charge in [0.05, 0.1) is 0 Å². The van der Waals surface area contributed by atoms with Gasteiger partial charge in [-0.05, 0) is 80.1 Å². The fourth-order valence-electron chi connectivity index (χ4n) is 2.73. The second-order valence-electron chi connectivity index (χ2n) is 5.31. The van der Waals surface area contributed by atoms with E-state index in [1.54, 1.807) is 6.92 Å². The van der Waals surface area contributed by atoms with Crippen molar-refractivity contribution in [3.05, 3.63) is 56.6 Å². The van der Waals surface area contributed by atoms with E-state index in [0.717, 1.165) is 26.7 Å². The first kappa shape index (κ1) is 15.0. The lowest BCUT2D eigenvalue weighted by atomic mass is 9.84. The number of hydrogen-bond donors (Lipinski definition) is 0. The van der Waals surface area contributed by atoms with Crippen LogP contribution in [0.15, 0.2) is 28.7 Å². The van der Waals surface area contributed by atoms with Gasteiger partial charge >= 0.3 is 0 Å². The number of ketones is 1. The van der Waals surface area contributed by atoms with Crippen molar-refractivity contribution in [3.63, 3.8) is 0 Å². The van der Waals surface area contributed by atoms with Crippen LogP contribution in [0.2, 0.25) is 0 Å². The maximum absolute atomic E-state index is 12.1. The molecule has 2 aromatic rings. The Morgan fingerprint density at radius 3 is 1.85 bits per heavy atom. The predicted molar refractivity (Wildman–Crippen MR) is 88.5 cm³/mol. The van der Waals surface area contributed by atoms with Gasteiger partial charge in [-0.3, -0.25) is 4.79 Å². The van der Waals surface area contributed by atoms with Gasteiger partial charge < -0.3 is 0 Å². The van der Waals surface area contributed by atoms with E-state index < -0.39 is 0 Å². The summed E-state index contributed by atoms with van der Waals surface area (Å²) in [5, 5.41) is 0. The summed E-state index contributed by atoms with van der Waals surface area (Å²) in [5.41, 5.74) is 7.80. The van der Waals surface area contributed by atoms with Crippen molar-refractivity contribution in [2.24, 2.45) is 0 Å². The van der Waals surface area contributed by atoms with E-state index >= 15 is 0 Å². The second kappa shape index (κ2) is 5.53. The van der Waals surface area contributed by atoms with Crippen LogP contribution in [-0.2, 0) is 0 Å². The van der Waals surface area contributed by atoms with Crippen molar-refractivity contribution in [1.82, 2.24) is 0 Å². The van der Waals surface area contributed by atoms with Crippen molar-refractivity contribution < 1.29 is 4.79 Å². The van der Waals surface area contributed by atoms with Crippen LogP contribution in [0, 0.1) is 27.7 Å². The van der Waals surface area contributed by atoms with Gasteiger partial charge in [0.15, 0.2) is 5.78 Å². The Kier molecular flexibility index (Phi) is 4.14. The summed E-state index contributed by atoms with van der Waals surface area (Å²) in [6.07, 6.45) is 0. The summed E-state index contributed by atoms with van der Waals surface area (Å²) in [5.74, 6) is 0.131. The molecule has 0 aromatic heterocycles. The summed E-state index contributed by atoms with van der Waals surface area (Å²) in [6, 6.07) is 8.16. The van der Waals surface area contributed by atoms with Gasteiger partial charge in [-0.25, -0.2) is 0 Å². The first-order valence-electron chi connectivity index (χ1n) is 6.71. The van der Waals surface area contributed by atoms with E-state index in [4.69, 9.17) is 0 Å². The molecule has 0 fully saturated rings. The molecule has 0 N–H and O–H groups in total. The van der Waals surface area contributed by atoms with Crippen LogP contribution in [0.4, 0.5) is 0 Å². The predicted octanol–water partition coefficient (Wildman–Crippen LogP) is 5.55. The lowest BCUT2D eigenvalue weighted by molar-refractivity contribution is 0.101. The van der Waals surface area contributed by atoms with Gasteiger partial charge in [-0.2, -0.15) is 0 Å². The van der Waals surface area contributed by atoms with Crippen LogP contribution in [0.5, 0.6) is 0 Å². The van der Waals surface area contributed by atoms with Crippen LogP contribution in [0.3, 0.4) is 0 Å². The fraction of sp³-hybridized carbons (Fsp3) is 0.278. The van der Waals surface area contributed by atoms with Crippen LogP contribution < -0.4 is 0 Å². The van der Waals surface area contributed by atoms with Crippen molar-refractivity contribution in [1.29, 1.82) is 0 Å². The number of carbonyl (C=O) groups is 1. The molecule has 0 saturated heterocycles. The maximum Gasteiger partial charge on any atom is 0.160 e. The average molecular weight is 331 g/mol. The molecule has 0 radical (unpaired) electrons. The Morgan fingerprint density at radius 1 is 0.850 bits per heavy atom. The number of halogens is 1. The van der Waals surface area contributed by atoms with Gasteiger partial charge in [-0.1, -0.05) is 28.1 Å². The van der Waals surface area contributed by atoms with E-state index in [9.17, 15) is 4.79 Å². The summed E-state index contributed by atoms with van der Waals surface area (Å²) in [7, 11) is 0. The Bertz CT molecular complexity index is 682. The standard InChI is InChI=1S/C18H19BrO/c1-10-11(2)13(4)18(17(12(10)3)14(5)20)15-6-8-16(19)9-7-15/h6-9H,1-5H3. The van der Waals surface area contributed by atoms with Gasteiger partial charge in [-0.15, -0.1) is 0 Å². The fourth-order valence-corrected chi connectivity index (χ4v) is 2.99. The largest absolute Gasteiger partial charge is 0.294 e. The average Bonchev–Trinajstić information content (AvgIpc) is 2.41. The molecular weight excluding hydrogens is 312 g/mol. The molecule has 0 heterocycles. The lowest BCUT2D eigenvalue weighted by Gasteiger charge is -2.19. The van der Waals surface area contributed by atoms with Crippen LogP contribution in [0.1, 0.15) is 39.5 Å². The van der Waals surface area contributed by atoms with Crippen molar-refractivity contribution in [3.8, 4) is 11.1 Å². The molecule has 0 spiro atoms. The SMILES string of the molecule is CC(=O)c1c(C)c(C)c(C)c(C)c1-c1ccc(Br)cc1. The van der Waals surface area contributed by atoms with Gasteiger partial charge in [0.1, 0.15) is 0 Å². The highest BCUT2D eigenvalue weighted by atomic mass is 79.9. The minimum atomic E-state index is 0.131. The number of benzene rings is 2. The molecule has 0 aliphatic rings. The molecule has 0 amide bonds. The van der Waals surface area contributed by atoms with Crippen LogP contribution >= 0.6 is 15.9 Å². The number of carbonyl (C=O) groups excluding carboxylic acids is 1. The molecule has 1 nitrogen and oxygen atoms in total. The van der Waals surface area contributed by atoms with Gasteiger partial charge in [0, 0.05) is 10.0 Å². The Morgan fingerprint density at radius 2 is 1.35 bits per heavy atom. The summed E-state index contributed by atoms with van der Waals surface area (Å²) < 4.78 is 1.05. The Hall–Kier alpha value is -1.41. The van der Waals surface area contributed by atoms with Crippen LogP contribution in [0.25, 0.3) is 11.1 Å². The minimum absolute atomic E-state index is 0.131. The summed E-state index contributed by atoms with van der Waals surface area (Å²) in [4.78, 5) is 12.1. The summed E-state index contributed by atoms with van der Waals surface area (Å²) >= 11 is 3.46. The number of hydrogen-bond acceptors (Lipinski definition) is 1. The first-order chi connectivity index (χ1) is 9.34. The molecule has 104 valence electrons. The van der Waals surface area contributed by atoms with Crippen molar-refractivity contribution in [2.45, 2.75) is 34.6 Å². The van der Waals surface area contributed by atoms with E-state index in [2.05, 4.69) is 48.8 Å². The highest BCUT2D eigenvalue weighted by molar-refractivity contribution is 9.10. The van der Waals surface area contributed by atoms with E-state index in [1.807, 2.05) is 19.1 Å². The smallest absolute Gasteiger partial charge is 0.160 e. The minimum Gasteiger partial charge on any atom is -0.294 e. The summed E-state index contributed by atoms with van der Waals surface area (Å²) in [6.45, 7) is 10.0. The zero-order chi connectivity index (χ0) is 15.0. The lowest BCUT2D eigenvalue weighted by Crippen LogP contribution is -2.06. The second-order valence-corrected chi connectivity index (χ2v) is 6.23. The normalized spacial score (nSPS) is 10.7. The molecule has 2 heteroatoms. The van der Waals surface area contributed by atoms with Crippen molar-refractivity contribution in [2.75, 3.05) is 0 Å². The molecule has 0 atom stereocenters. The zero-order valence-electron chi connectivity index (χ0n) is 12.6. The highest BCUT2D eigenvalue weighted by Gasteiger charge is 2.19. The third-order valence-corrected chi connectivity index (χ3v) is 4.70. The molecule has 2 aromatic carbocycles. The van der Waals surface area contributed by atoms with E-state index in [-0.39, 0.29) is 5.78 Å². The molecule has 2 rings (SSSR count). The molecule has 20 heavy (non-hydrogen) atoms. The maximum atomic E-state index is 12.1.